The molecular weight excluding hydrogens is 298 g/mol. The largest absolute Gasteiger partial charge is 0.334 e. The molecule has 0 radical (unpaired) electrons. The molecule has 2 rings (SSSR count). The lowest BCUT2D eigenvalue weighted by Gasteiger charge is -2.50. The molecule has 1 saturated heterocycles. The number of nitrogens with zero attached hydrogens (tertiary/aromatic N) is 2. The van der Waals surface area contributed by atoms with Crippen molar-refractivity contribution in [2.24, 2.45) is 0 Å². The fourth-order valence-corrected chi connectivity index (χ4v) is 3.69. The normalized spacial score (nSPS) is 20.9. The van der Waals surface area contributed by atoms with E-state index in [9.17, 15) is 4.79 Å². The molecule has 0 aromatic rings. The summed E-state index contributed by atoms with van der Waals surface area (Å²) in [5.41, 5.74) is 0.209. The van der Waals surface area contributed by atoms with Crippen LogP contribution in [0.25, 0.3) is 0 Å². The van der Waals surface area contributed by atoms with Gasteiger partial charge in [0.25, 0.3) is 0 Å². The summed E-state index contributed by atoms with van der Waals surface area (Å²) < 4.78 is 0. The molecule has 1 aliphatic heterocycles. The summed E-state index contributed by atoms with van der Waals surface area (Å²) in [6.45, 7) is 12.2. The Labute approximate surface area is 141 Å². The van der Waals surface area contributed by atoms with E-state index in [4.69, 9.17) is 0 Å². The molecule has 1 amide bonds. The summed E-state index contributed by atoms with van der Waals surface area (Å²) in [4.78, 5) is 16.9. The van der Waals surface area contributed by atoms with E-state index in [1.54, 1.807) is 12.2 Å². The van der Waals surface area contributed by atoms with Crippen molar-refractivity contribution in [3.63, 3.8) is 0 Å². The van der Waals surface area contributed by atoms with Crippen LogP contribution >= 0.6 is 12.4 Å². The molecule has 1 saturated carbocycles. The Morgan fingerprint density at radius 1 is 1.18 bits per heavy atom. The molecule has 1 spiro atoms. The smallest absolute Gasteiger partial charge is 0.237 e. The maximum atomic E-state index is 12.6. The number of piperazine rings is 1. The second-order valence-corrected chi connectivity index (χ2v) is 6.26. The number of hydrogen-bond acceptors (Lipinski definition) is 3. The molecule has 0 aromatic heterocycles. The number of amides is 1. The summed E-state index contributed by atoms with van der Waals surface area (Å²) >= 11 is 0. The minimum Gasteiger partial charge on any atom is -0.334 e. The van der Waals surface area contributed by atoms with Crippen LogP contribution in [0, 0.1) is 0 Å². The molecule has 4 nitrogen and oxygen atoms in total. The highest BCUT2D eigenvalue weighted by Crippen LogP contribution is 2.34. The number of hydrogen-bond donors (Lipinski definition) is 1. The van der Waals surface area contributed by atoms with Crippen LogP contribution in [0.15, 0.2) is 25.3 Å². The zero-order valence-electron chi connectivity index (χ0n) is 13.6. The Morgan fingerprint density at radius 3 is 2.41 bits per heavy atom. The minimum absolute atomic E-state index is 0. The topological polar surface area (TPSA) is 35.6 Å². The molecule has 0 atom stereocenters. The van der Waals surface area contributed by atoms with Gasteiger partial charge >= 0.3 is 0 Å². The first-order chi connectivity index (χ1) is 10.2. The highest BCUT2D eigenvalue weighted by atomic mass is 35.5. The molecule has 0 aromatic carbocycles. The number of carbonyl (C=O) groups is 1. The van der Waals surface area contributed by atoms with E-state index in [0.717, 1.165) is 19.6 Å². The predicted octanol–water partition coefficient (Wildman–Crippen LogP) is 2.22. The van der Waals surface area contributed by atoms with E-state index >= 15 is 0 Å². The van der Waals surface area contributed by atoms with Crippen molar-refractivity contribution in [2.75, 3.05) is 39.3 Å². The van der Waals surface area contributed by atoms with Crippen molar-refractivity contribution < 1.29 is 4.79 Å². The Hall–Kier alpha value is -0.840. The van der Waals surface area contributed by atoms with Gasteiger partial charge in [-0.15, -0.1) is 25.6 Å². The van der Waals surface area contributed by atoms with E-state index in [0.29, 0.717) is 19.6 Å². The van der Waals surface area contributed by atoms with Gasteiger partial charge in [-0.25, -0.2) is 0 Å². The van der Waals surface area contributed by atoms with Crippen molar-refractivity contribution in [2.45, 2.75) is 37.6 Å². The van der Waals surface area contributed by atoms with Gasteiger partial charge in [-0.2, -0.15) is 0 Å². The zero-order valence-corrected chi connectivity index (χ0v) is 14.4. The molecule has 5 heteroatoms. The van der Waals surface area contributed by atoms with E-state index in [1.807, 2.05) is 4.90 Å². The molecule has 2 aliphatic rings. The summed E-state index contributed by atoms with van der Waals surface area (Å²) in [7, 11) is 0. The molecule has 22 heavy (non-hydrogen) atoms. The van der Waals surface area contributed by atoms with Crippen molar-refractivity contribution in [1.29, 1.82) is 0 Å². The Bertz CT molecular complexity index is 362. The molecule has 126 valence electrons. The SMILES string of the molecule is C=CCN(CC=C)C(=O)CN1CCNCC12CCCCC2.Cl. The van der Waals surface area contributed by atoms with Gasteiger partial charge in [0.1, 0.15) is 0 Å². The van der Waals surface area contributed by atoms with Crippen LogP contribution in [-0.4, -0.2) is 60.5 Å². The number of rotatable bonds is 6. The third-order valence-electron chi connectivity index (χ3n) is 4.85. The third-order valence-corrected chi connectivity index (χ3v) is 4.85. The maximum Gasteiger partial charge on any atom is 0.237 e. The maximum absolute atomic E-state index is 12.6. The van der Waals surface area contributed by atoms with Gasteiger partial charge in [-0.3, -0.25) is 9.69 Å². The Morgan fingerprint density at radius 2 is 1.82 bits per heavy atom. The summed E-state index contributed by atoms with van der Waals surface area (Å²) in [6, 6.07) is 0. The van der Waals surface area contributed by atoms with E-state index < -0.39 is 0 Å². The van der Waals surface area contributed by atoms with Gasteiger partial charge in [0.05, 0.1) is 6.54 Å². The molecule has 1 heterocycles. The van der Waals surface area contributed by atoms with Crippen LogP contribution in [0.1, 0.15) is 32.1 Å². The molecular formula is C17H30ClN3O. The van der Waals surface area contributed by atoms with Gasteiger partial charge in [-0.1, -0.05) is 31.4 Å². The summed E-state index contributed by atoms with van der Waals surface area (Å²) in [5.74, 6) is 0.196. The van der Waals surface area contributed by atoms with Crippen molar-refractivity contribution >= 4 is 18.3 Å². The Balaban J connectivity index is 0.00000242. The first-order valence-electron chi connectivity index (χ1n) is 8.17. The number of nitrogens with one attached hydrogen (secondary N) is 1. The van der Waals surface area contributed by atoms with Crippen molar-refractivity contribution in [3.8, 4) is 0 Å². The molecule has 1 aliphatic carbocycles. The average molecular weight is 328 g/mol. The Kier molecular flexibility index (Phi) is 8.15. The molecule has 0 unspecified atom stereocenters. The van der Waals surface area contributed by atoms with Crippen LogP contribution in [0.3, 0.4) is 0 Å². The van der Waals surface area contributed by atoms with Gasteiger partial charge in [-0.05, 0) is 12.8 Å². The van der Waals surface area contributed by atoms with Crippen LogP contribution in [0.2, 0.25) is 0 Å². The highest BCUT2D eigenvalue weighted by molar-refractivity contribution is 5.85. The van der Waals surface area contributed by atoms with Crippen LogP contribution < -0.4 is 5.32 Å². The van der Waals surface area contributed by atoms with E-state index in [1.165, 1.54) is 32.1 Å². The van der Waals surface area contributed by atoms with Gasteiger partial charge in [0.2, 0.25) is 5.91 Å². The highest BCUT2D eigenvalue weighted by Gasteiger charge is 2.40. The van der Waals surface area contributed by atoms with E-state index in [-0.39, 0.29) is 23.9 Å². The first kappa shape index (κ1) is 19.2. The number of carbonyl (C=O) groups excluding carboxylic acids is 1. The lowest BCUT2D eigenvalue weighted by atomic mass is 9.79. The summed E-state index contributed by atoms with van der Waals surface area (Å²) in [5, 5.41) is 3.53. The van der Waals surface area contributed by atoms with Crippen LogP contribution in [0.4, 0.5) is 0 Å². The second-order valence-electron chi connectivity index (χ2n) is 6.26. The van der Waals surface area contributed by atoms with Crippen molar-refractivity contribution in [1.82, 2.24) is 15.1 Å². The third kappa shape index (κ3) is 4.58. The number of halogens is 1. The van der Waals surface area contributed by atoms with Gasteiger partial charge in [0.15, 0.2) is 0 Å². The van der Waals surface area contributed by atoms with Gasteiger partial charge < -0.3 is 10.2 Å². The second kappa shape index (κ2) is 9.33. The molecule has 1 N–H and O–H groups in total. The minimum atomic E-state index is 0. The summed E-state index contributed by atoms with van der Waals surface area (Å²) in [6.07, 6.45) is 9.92. The first-order valence-corrected chi connectivity index (χ1v) is 8.17. The average Bonchev–Trinajstić information content (AvgIpc) is 2.50. The van der Waals surface area contributed by atoms with Gasteiger partial charge in [0, 0.05) is 38.3 Å². The predicted molar refractivity (Wildman–Crippen MR) is 94.5 cm³/mol. The van der Waals surface area contributed by atoms with E-state index in [2.05, 4.69) is 23.4 Å². The van der Waals surface area contributed by atoms with Crippen molar-refractivity contribution in [3.05, 3.63) is 25.3 Å². The fourth-order valence-electron chi connectivity index (χ4n) is 3.69. The van der Waals surface area contributed by atoms with Crippen LogP contribution in [-0.2, 0) is 4.79 Å². The van der Waals surface area contributed by atoms with Crippen LogP contribution in [0.5, 0.6) is 0 Å². The quantitative estimate of drug-likeness (QED) is 0.760. The standard InChI is InChI=1S/C17H29N3O.ClH/c1-3-11-19(12-4-2)16(21)14-20-13-10-18-15-17(20)8-6-5-7-9-17;/h3-4,18H,1-2,5-15H2;1H. The lowest BCUT2D eigenvalue weighted by Crippen LogP contribution is -2.63. The molecule has 0 bridgehead atoms. The lowest BCUT2D eigenvalue weighted by molar-refractivity contribution is -0.134. The molecule has 2 fully saturated rings. The monoisotopic (exact) mass is 327 g/mol. The fraction of sp³-hybridized carbons (Fsp3) is 0.706. The zero-order chi connectivity index (χ0) is 15.1.